The van der Waals surface area contributed by atoms with Gasteiger partial charge in [0.25, 0.3) is 0 Å². The molecule has 146 valence electrons. The second kappa shape index (κ2) is 10.1. The van der Waals surface area contributed by atoms with Crippen LogP contribution in [0.4, 0.5) is 0 Å². The fourth-order valence-electron chi connectivity index (χ4n) is 2.61. The first kappa shape index (κ1) is 19.4. The molecule has 0 saturated heterocycles. The summed E-state index contributed by atoms with van der Waals surface area (Å²) >= 11 is 0. The van der Waals surface area contributed by atoms with Gasteiger partial charge in [0, 0.05) is 24.6 Å². The van der Waals surface area contributed by atoms with Gasteiger partial charge >= 0.3 is 0 Å². The molecule has 0 saturated carbocycles. The molecule has 3 rings (SSSR count). The number of furan rings is 1. The molecule has 0 spiro atoms. The minimum absolute atomic E-state index is 0.127. The number of unbranched alkanes of at least 4 members (excludes halogenated alkanes) is 2. The number of hydrogen-bond donors (Lipinski definition) is 1. The number of amides is 1. The number of rotatable bonds is 10. The van der Waals surface area contributed by atoms with Gasteiger partial charge in [-0.25, -0.2) is 0 Å². The molecule has 0 aliphatic carbocycles. The smallest absolute Gasteiger partial charge is 0.244 e. The van der Waals surface area contributed by atoms with Crippen LogP contribution in [0.3, 0.4) is 0 Å². The summed E-state index contributed by atoms with van der Waals surface area (Å²) in [6, 6.07) is 11.1. The van der Waals surface area contributed by atoms with E-state index in [0.717, 1.165) is 37.0 Å². The molecule has 7 heteroatoms. The molecule has 28 heavy (non-hydrogen) atoms. The number of ether oxygens (including phenoxy) is 1. The van der Waals surface area contributed by atoms with Crippen molar-refractivity contribution < 1.29 is 18.5 Å². The van der Waals surface area contributed by atoms with Crippen molar-refractivity contribution in [1.82, 2.24) is 15.5 Å². The van der Waals surface area contributed by atoms with E-state index in [1.165, 1.54) is 6.08 Å². The Labute approximate surface area is 163 Å². The van der Waals surface area contributed by atoms with E-state index in [4.69, 9.17) is 13.7 Å². The summed E-state index contributed by atoms with van der Waals surface area (Å²) in [6.45, 7) is 0.627. The van der Waals surface area contributed by atoms with Crippen molar-refractivity contribution in [3.63, 3.8) is 0 Å². The molecule has 2 aromatic heterocycles. The highest BCUT2D eigenvalue weighted by atomic mass is 16.5. The van der Waals surface area contributed by atoms with E-state index in [2.05, 4.69) is 15.5 Å². The third-order valence-electron chi connectivity index (χ3n) is 4.13. The maximum atomic E-state index is 11.7. The zero-order valence-corrected chi connectivity index (χ0v) is 15.8. The standard InChI is InChI=1S/C21H23N3O4/c1-26-17-10-8-16(9-11-17)21-23-20(28-24-21)7-3-2-4-14-22-19(25)13-12-18-6-5-15-27-18/h5-6,8-13,15H,2-4,7,14H2,1H3,(H,22,25)/b13-12+. The van der Waals surface area contributed by atoms with Gasteiger partial charge in [0.1, 0.15) is 11.5 Å². The lowest BCUT2D eigenvalue weighted by Gasteiger charge is -2.01. The van der Waals surface area contributed by atoms with Crippen molar-refractivity contribution in [2.75, 3.05) is 13.7 Å². The quantitative estimate of drug-likeness (QED) is 0.423. The maximum absolute atomic E-state index is 11.7. The number of aromatic nitrogens is 2. The number of nitrogens with one attached hydrogen (secondary N) is 1. The minimum atomic E-state index is -0.127. The molecule has 0 radical (unpaired) electrons. The summed E-state index contributed by atoms with van der Waals surface area (Å²) in [5.41, 5.74) is 0.890. The Morgan fingerprint density at radius 1 is 1.18 bits per heavy atom. The average molecular weight is 381 g/mol. The normalized spacial score (nSPS) is 11.0. The lowest BCUT2D eigenvalue weighted by Crippen LogP contribution is -2.21. The SMILES string of the molecule is COc1ccc(-c2noc(CCCCCNC(=O)/C=C/c3ccco3)n2)cc1. The third kappa shape index (κ3) is 5.84. The van der Waals surface area contributed by atoms with Crippen molar-refractivity contribution >= 4 is 12.0 Å². The molecule has 0 unspecified atom stereocenters. The first-order valence-corrected chi connectivity index (χ1v) is 9.21. The molecule has 3 aromatic rings. The van der Waals surface area contributed by atoms with Crippen LogP contribution in [0, 0.1) is 0 Å². The number of carbonyl (C=O) groups is 1. The summed E-state index contributed by atoms with van der Waals surface area (Å²) in [5.74, 6) is 2.52. The summed E-state index contributed by atoms with van der Waals surface area (Å²) in [6.07, 6.45) is 8.17. The number of benzene rings is 1. The van der Waals surface area contributed by atoms with Crippen molar-refractivity contribution in [2.24, 2.45) is 0 Å². The van der Waals surface area contributed by atoms with Crippen molar-refractivity contribution in [2.45, 2.75) is 25.7 Å². The number of hydrogen-bond acceptors (Lipinski definition) is 6. The summed E-state index contributed by atoms with van der Waals surface area (Å²) in [5, 5.41) is 6.87. The molecule has 0 bridgehead atoms. The van der Waals surface area contributed by atoms with E-state index in [-0.39, 0.29) is 5.91 Å². The Hall–Kier alpha value is -3.35. The Kier molecular flexibility index (Phi) is 7.01. The van der Waals surface area contributed by atoms with E-state index in [1.807, 2.05) is 24.3 Å². The van der Waals surface area contributed by atoms with Gasteiger partial charge in [-0.2, -0.15) is 4.98 Å². The van der Waals surface area contributed by atoms with Gasteiger partial charge in [0.05, 0.1) is 13.4 Å². The lowest BCUT2D eigenvalue weighted by atomic mass is 10.2. The number of nitrogens with zero attached hydrogens (tertiary/aromatic N) is 2. The fraction of sp³-hybridized carbons (Fsp3) is 0.286. The van der Waals surface area contributed by atoms with Crippen LogP contribution in [0.25, 0.3) is 17.5 Å². The van der Waals surface area contributed by atoms with Gasteiger partial charge in [-0.3, -0.25) is 4.79 Å². The monoisotopic (exact) mass is 381 g/mol. The van der Waals surface area contributed by atoms with Crippen LogP contribution >= 0.6 is 0 Å². The molecular weight excluding hydrogens is 358 g/mol. The van der Waals surface area contributed by atoms with Gasteiger partial charge in [-0.1, -0.05) is 11.6 Å². The highest BCUT2D eigenvalue weighted by Crippen LogP contribution is 2.20. The molecule has 0 aliphatic heterocycles. The fourth-order valence-corrected chi connectivity index (χ4v) is 2.61. The summed E-state index contributed by atoms with van der Waals surface area (Å²) in [4.78, 5) is 16.1. The Balaban J connectivity index is 1.32. The second-order valence-corrected chi connectivity index (χ2v) is 6.19. The highest BCUT2D eigenvalue weighted by molar-refractivity contribution is 5.91. The molecular formula is C21H23N3O4. The van der Waals surface area contributed by atoms with Gasteiger partial charge in [-0.15, -0.1) is 0 Å². The molecule has 2 heterocycles. The van der Waals surface area contributed by atoms with Crippen molar-refractivity contribution in [1.29, 1.82) is 0 Å². The van der Waals surface area contributed by atoms with E-state index >= 15 is 0 Å². The van der Waals surface area contributed by atoms with Crippen LogP contribution in [0.5, 0.6) is 5.75 Å². The summed E-state index contributed by atoms with van der Waals surface area (Å²) in [7, 11) is 1.63. The maximum Gasteiger partial charge on any atom is 0.244 e. The lowest BCUT2D eigenvalue weighted by molar-refractivity contribution is -0.116. The Bertz CT molecular complexity index is 883. The Morgan fingerprint density at radius 3 is 2.79 bits per heavy atom. The molecule has 0 fully saturated rings. The van der Waals surface area contributed by atoms with Crippen molar-refractivity contribution in [3.05, 3.63) is 60.4 Å². The van der Waals surface area contributed by atoms with Crippen LogP contribution in [0.2, 0.25) is 0 Å². The predicted molar refractivity (Wildman–Crippen MR) is 105 cm³/mol. The zero-order valence-electron chi connectivity index (χ0n) is 15.8. The molecule has 0 aliphatic rings. The van der Waals surface area contributed by atoms with Gasteiger partial charge in [-0.05, 0) is 55.3 Å². The van der Waals surface area contributed by atoms with Gasteiger partial charge < -0.3 is 19.0 Å². The zero-order chi connectivity index (χ0) is 19.6. The molecule has 0 atom stereocenters. The van der Waals surface area contributed by atoms with Crippen LogP contribution in [-0.4, -0.2) is 29.7 Å². The third-order valence-corrected chi connectivity index (χ3v) is 4.13. The number of carbonyl (C=O) groups excluding carboxylic acids is 1. The van der Waals surface area contributed by atoms with Gasteiger partial charge in [0.15, 0.2) is 0 Å². The van der Waals surface area contributed by atoms with Crippen molar-refractivity contribution in [3.8, 4) is 17.1 Å². The summed E-state index contributed by atoms with van der Waals surface area (Å²) < 4.78 is 15.6. The topological polar surface area (TPSA) is 90.4 Å². The highest BCUT2D eigenvalue weighted by Gasteiger charge is 2.08. The van der Waals surface area contributed by atoms with Crippen LogP contribution in [-0.2, 0) is 11.2 Å². The average Bonchev–Trinajstić information content (AvgIpc) is 3.41. The Morgan fingerprint density at radius 2 is 2.04 bits per heavy atom. The molecule has 7 nitrogen and oxygen atoms in total. The first-order chi connectivity index (χ1) is 13.7. The molecule has 1 N–H and O–H groups in total. The van der Waals surface area contributed by atoms with Crippen LogP contribution < -0.4 is 10.1 Å². The molecule has 1 amide bonds. The van der Waals surface area contributed by atoms with Crippen LogP contribution in [0.1, 0.15) is 30.9 Å². The molecule has 1 aromatic carbocycles. The number of aryl methyl sites for hydroxylation is 1. The van der Waals surface area contributed by atoms with E-state index in [1.54, 1.807) is 31.6 Å². The van der Waals surface area contributed by atoms with Crippen LogP contribution in [0.15, 0.2) is 57.7 Å². The predicted octanol–water partition coefficient (Wildman–Crippen LogP) is 3.88. The largest absolute Gasteiger partial charge is 0.497 e. The minimum Gasteiger partial charge on any atom is -0.497 e. The van der Waals surface area contributed by atoms with E-state index in [0.29, 0.717) is 24.0 Å². The number of methoxy groups -OCH3 is 1. The second-order valence-electron chi connectivity index (χ2n) is 6.19. The van der Waals surface area contributed by atoms with E-state index in [9.17, 15) is 4.79 Å². The van der Waals surface area contributed by atoms with E-state index < -0.39 is 0 Å². The first-order valence-electron chi connectivity index (χ1n) is 9.21. The van der Waals surface area contributed by atoms with Gasteiger partial charge in [0.2, 0.25) is 17.6 Å².